The third-order valence-corrected chi connectivity index (χ3v) is 5.07. The van der Waals surface area contributed by atoms with Gasteiger partial charge in [-0.1, -0.05) is 49.6 Å². The number of nitrogens with one attached hydrogen (secondary N) is 1. The van der Waals surface area contributed by atoms with Crippen molar-refractivity contribution in [1.29, 1.82) is 0 Å². The predicted octanol–water partition coefficient (Wildman–Crippen LogP) is 3.43. The number of aliphatic carboxylic acids is 1. The van der Waals surface area contributed by atoms with Gasteiger partial charge < -0.3 is 14.8 Å². The van der Waals surface area contributed by atoms with Crippen LogP contribution in [0.15, 0.2) is 40.9 Å². The number of rotatable bonds is 7. The second-order valence-electron chi connectivity index (χ2n) is 6.91. The quantitative estimate of drug-likeness (QED) is 0.793. The SMILES string of the molecule is O=C(CCc1ncc(-c2ccccc2)o1)NCC1(C(=O)O)CCCCC1. The van der Waals surface area contributed by atoms with Crippen LogP contribution in [0.4, 0.5) is 0 Å². The normalized spacial score (nSPS) is 16.2. The fourth-order valence-electron chi connectivity index (χ4n) is 3.43. The third kappa shape index (κ3) is 4.31. The van der Waals surface area contributed by atoms with Crippen LogP contribution in [0.2, 0.25) is 0 Å². The average molecular weight is 356 g/mol. The Morgan fingerprint density at radius 3 is 2.58 bits per heavy atom. The molecule has 3 rings (SSSR count). The summed E-state index contributed by atoms with van der Waals surface area (Å²) in [6.45, 7) is 0.196. The van der Waals surface area contributed by atoms with Gasteiger partial charge in [-0.2, -0.15) is 0 Å². The molecule has 0 unspecified atom stereocenters. The van der Waals surface area contributed by atoms with Crippen LogP contribution in [0, 0.1) is 5.41 Å². The number of aromatic nitrogens is 1. The molecule has 1 aliphatic carbocycles. The van der Waals surface area contributed by atoms with Crippen LogP contribution < -0.4 is 5.32 Å². The van der Waals surface area contributed by atoms with E-state index in [0.717, 1.165) is 24.8 Å². The molecule has 6 nitrogen and oxygen atoms in total. The first-order chi connectivity index (χ1) is 12.6. The summed E-state index contributed by atoms with van der Waals surface area (Å²) in [5.41, 5.74) is 0.133. The van der Waals surface area contributed by atoms with Gasteiger partial charge in [0.25, 0.3) is 0 Å². The molecule has 6 heteroatoms. The van der Waals surface area contributed by atoms with E-state index in [1.165, 1.54) is 0 Å². The molecular weight excluding hydrogens is 332 g/mol. The topological polar surface area (TPSA) is 92.4 Å². The Kier molecular flexibility index (Phi) is 5.71. The zero-order valence-electron chi connectivity index (χ0n) is 14.7. The number of carbonyl (C=O) groups is 2. The third-order valence-electron chi connectivity index (χ3n) is 5.07. The summed E-state index contributed by atoms with van der Waals surface area (Å²) < 4.78 is 5.69. The molecule has 1 saturated carbocycles. The fraction of sp³-hybridized carbons (Fsp3) is 0.450. The summed E-state index contributed by atoms with van der Waals surface area (Å²) in [4.78, 5) is 28.0. The van der Waals surface area contributed by atoms with Gasteiger partial charge in [-0.15, -0.1) is 0 Å². The van der Waals surface area contributed by atoms with E-state index < -0.39 is 11.4 Å². The Bertz CT molecular complexity index is 748. The van der Waals surface area contributed by atoms with Crippen molar-refractivity contribution in [3.05, 3.63) is 42.4 Å². The monoisotopic (exact) mass is 356 g/mol. The highest BCUT2D eigenvalue weighted by molar-refractivity contribution is 5.79. The van der Waals surface area contributed by atoms with E-state index in [-0.39, 0.29) is 18.9 Å². The van der Waals surface area contributed by atoms with Crippen LogP contribution in [0.25, 0.3) is 11.3 Å². The van der Waals surface area contributed by atoms with Crippen LogP contribution in [0.1, 0.15) is 44.4 Å². The first-order valence-electron chi connectivity index (χ1n) is 9.09. The molecule has 26 heavy (non-hydrogen) atoms. The standard InChI is InChI=1S/C20H24N2O4/c23-17(22-14-20(19(24)25)11-5-2-6-12-20)9-10-18-21-13-16(26-18)15-7-3-1-4-8-15/h1,3-4,7-8,13H,2,5-6,9-12,14H2,(H,22,23)(H,24,25). The van der Waals surface area contributed by atoms with Crippen molar-refractivity contribution in [1.82, 2.24) is 10.3 Å². The zero-order chi connectivity index (χ0) is 18.4. The lowest BCUT2D eigenvalue weighted by Crippen LogP contribution is -2.44. The zero-order valence-corrected chi connectivity index (χ0v) is 14.7. The first-order valence-corrected chi connectivity index (χ1v) is 9.09. The van der Waals surface area contributed by atoms with E-state index >= 15 is 0 Å². The van der Waals surface area contributed by atoms with E-state index in [4.69, 9.17) is 4.42 Å². The number of carbonyl (C=O) groups excluding carboxylic acids is 1. The number of carboxylic acids is 1. The summed E-state index contributed by atoms with van der Waals surface area (Å²) in [6.07, 6.45) is 6.40. The molecule has 0 atom stereocenters. The van der Waals surface area contributed by atoms with Crippen LogP contribution in [-0.4, -0.2) is 28.5 Å². The lowest BCUT2D eigenvalue weighted by Gasteiger charge is -2.33. The molecule has 0 radical (unpaired) electrons. The Labute approximate surface area is 152 Å². The molecule has 2 aromatic rings. The summed E-state index contributed by atoms with van der Waals surface area (Å²) >= 11 is 0. The second-order valence-corrected chi connectivity index (χ2v) is 6.91. The van der Waals surface area contributed by atoms with Gasteiger partial charge in [0.1, 0.15) is 0 Å². The molecule has 0 spiro atoms. The highest BCUT2D eigenvalue weighted by Gasteiger charge is 2.39. The summed E-state index contributed by atoms with van der Waals surface area (Å²) in [5, 5.41) is 12.3. The summed E-state index contributed by atoms with van der Waals surface area (Å²) in [5.74, 6) is 0.200. The Morgan fingerprint density at radius 1 is 1.15 bits per heavy atom. The number of benzene rings is 1. The molecule has 1 amide bonds. The van der Waals surface area contributed by atoms with E-state index in [9.17, 15) is 14.7 Å². The molecule has 1 heterocycles. The van der Waals surface area contributed by atoms with Gasteiger partial charge in [0.15, 0.2) is 11.7 Å². The largest absolute Gasteiger partial charge is 0.481 e. The van der Waals surface area contributed by atoms with Gasteiger partial charge in [0, 0.05) is 24.9 Å². The minimum atomic E-state index is -0.808. The van der Waals surface area contributed by atoms with Gasteiger partial charge in [0.2, 0.25) is 5.91 Å². The van der Waals surface area contributed by atoms with Crippen LogP contribution in [0.5, 0.6) is 0 Å². The predicted molar refractivity (Wildman–Crippen MR) is 96.4 cm³/mol. The molecule has 138 valence electrons. The number of nitrogens with zero attached hydrogens (tertiary/aromatic N) is 1. The molecule has 1 aromatic carbocycles. The van der Waals surface area contributed by atoms with Gasteiger partial charge in [-0.25, -0.2) is 4.98 Å². The lowest BCUT2D eigenvalue weighted by molar-refractivity contribution is -0.151. The minimum absolute atomic E-state index is 0.171. The molecule has 2 N–H and O–H groups in total. The molecule has 0 bridgehead atoms. The Morgan fingerprint density at radius 2 is 1.88 bits per heavy atom. The molecule has 0 saturated heterocycles. The molecule has 0 aliphatic heterocycles. The summed E-state index contributed by atoms with van der Waals surface area (Å²) in [7, 11) is 0. The minimum Gasteiger partial charge on any atom is -0.481 e. The molecule has 1 fully saturated rings. The van der Waals surface area contributed by atoms with Gasteiger partial charge in [0.05, 0.1) is 11.6 Å². The highest BCUT2D eigenvalue weighted by Crippen LogP contribution is 2.36. The van der Waals surface area contributed by atoms with Gasteiger partial charge in [-0.3, -0.25) is 9.59 Å². The smallest absolute Gasteiger partial charge is 0.311 e. The van der Waals surface area contributed by atoms with Crippen molar-refractivity contribution in [2.24, 2.45) is 5.41 Å². The van der Waals surface area contributed by atoms with Crippen molar-refractivity contribution in [3.8, 4) is 11.3 Å². The molecule has 1 aliphatic rings. The number of carboxylic acid groups (broad SMARTS) is 1. The van der Waals surface area contributed by atoms with E-state index in [1.54, 1.807) is 6.20 Å². The Hall–Kier alpha value is -2.63. The van der Waals surface area contributed by atoms with Crippen molar-refractivity contribution < 1.29 is 19.1 Å². The number of aryl methyl sites for hydroxylation is 1. The second kappa shape index (κ2) is 8.17. The van der Waals surface area contributed by atoms with E-state index in [2.05, 4.69) is 10.3 Å². The average Bonchev–Trinajstić information content (AvgIpc) is 3.15. The van der Waals surface area contributed by atoms with Gasteiger partial charge in [-0.05, 0) is 12.8 Å². The number of amides is 1. The molecular formula is C20H24N2O4. The van der Waals surface area contributed by atoms with E-state index in [0.29, 0.717) is 30.9 Å². The van der Waals surface area contributed by atoms with E-state index in [1.807, 2.05) is 30.3 Å². The number of hydrogen-bond donors (Lipinski definition) is 2. The maximum Gasteiger partial charge on any atom is 0.311 e. The van der Waals surface area contributed by atoms with Crippen molar-refractivity contribution >= 4 is 11.9 Å². The van der Waals surface area contributed by atoms with Crippen molar-refractivity contribution in [2.45, 2.75) is 44.9 Å². The fourth-order valence-corrected chi connectivity index (χ4v) is 3.43. The van der Waals surface area contributed by atoms with Crippen LogP contribution in [0.3, 0.4) is 0 Å². The summed E-state index contributed by atoms with van der Waals surface area (Å²) in [6, 6.07) is 9.66. The Balaban J connectivity index is 1.50. The molecule has 1 aromatic heterocycles. The lowest BCUT2D eigenvalue weighted by atomic mass is 9.74. The number of hydrogen-bond acceptors (Lipinski definition) is 4. The highest BCUT2D eigenvalue weighted by atomic mass is 16.4. The van der Waals surface area contributed by atoms with Crippen molar-refractivity contribution in [2.75, 3.05) is 6.54 Å². The van der Waals surface area contributed by atoms with Crippen molar-refractivity contribution in [3.63, 3.8) is 0 Å². The maximum atomic E-state index is 12.1. The first kappa shape index (κ1) is 18.2. The van der Waals surface area contributed by atoms with Crippen LogP contribution in [-0.2, 0) is 16.0 Å². The number of oxazole rings is 1. The van der Waals surface area contributed by atoms with Crippen LogP contribution >= 0.6 is 0 Å². The maximum absolute atomic E-state index is 12.1. The van der Waals surface area contributed by atoms with Gasteiger partial charge >= 0.3 is 5.97 Å².